The molecule has 2 aliphatic heterocycles. The van der Waals surface area contributed by atoms with Crippen molar-refractivity contribution in [3.63, 3.8) is 0 Å². The summed E-state index contributed by atoms with van der Waals surface area (Å²) < 4.78 is 73.2. The Labute approximate surface area is 220 Å². The summed E-state index contributed by atoms with van der Waals surface area (Å²) in [6.45, 7) is 4.68. The fraction of sp³-hybridized carbons (Fsp3) is 0.423. The highest BCUT2D eigenvalue weighted by Crippen LogP contribution is 2.38. The number of aliphatic carboxylic acids is 1. The second-order valence-corrected chi connectivity index (χ2v) is 9.29. The van der Waals surface area contributed by atoms with Gasteiger partial charge in [0.25, 0.3) is 5.91 Å². The molecule has 13 heteroatoms. The van der Waals surface area contributed by atoms with Gasteiger partial charge in [-0.2, -0.15) is 31.6 Å². The third-order valence-electron chi connectivity index (χ3n) is 6.68. The number of alkyl halides is 6. The quantitative estimate of drug-likeness (QED) is 0.481. The van der Waals surface area contributed by atoms with Crippen LogP contribution in [-0.4, -0.2) is 59.8 Å². The summed E-state index contributed by atoms with van der Waals surface area (Å²) in [5.41, 5.74) is -0.0741. The van der Waals surface area contributed by atoms with Crippen molar-refractivity contribution in [1.82, 2.24) is 4.90 Å². The summed E-state index contributed by atoms with van der Waals surface area (Å²) >= 11 is 0. The second kappa shape index (κ2) is 11.9. The summed E-state index contributed by atoms with van der Waals surface area (Å²) in [6.07, 6.45) is -6.42. The Morgan fingerprint density at radius 3 is 2.18 bits per heavy atom. The minimum Gasteiger partial charge on any atom is -0.475 e. The molecule has 0 bridgehead atoms. The molecule has 0 aromatic heterocycles. The molecule has 2 aromatic rings. The van der Waals surface area contributed by atoms with Gasteiger partial charge < -0.3 is 15.3 Å². The standard InChI is InChI=1S/C24H25F3N4O.C2HF3O2/c1-16-3-2-11-31(16)20-10-12-30(15-20)19-8-9-22(21(13-19)24(25,26)27)29-23(32)18-6-4-17(14-28)5-7-18;3-2(4,5)1(6)7/h4-9,13,16,20H,2-3,10-12,15H2,1H3,(H,29,32);(H,6,7). The van der Waals surface area contributed by atoms with E-state index in [0.717, 1.165) is 19.0 Å². The first-order chi connectivity index (χ1) is 18.2. The molecule has 0 spiro atoms. The number of anilines is 2. The van der Waals surface area contributed by atoms with Crippen LogP contribution in [0.3, 0.4) is 0 Å². The van der Waals surface area contributed by atoms with Crippen molar-refractivity contribution < 1.29 is 41.0 Å². The van der Waals surface area contributed by atoms with Crippen LogP contribution in [0.5, 0.6) is 0 Å². The van der Waals surface area contributed by atoms with Gasteiger partial charge in [0.1, 0.15) is 0 Å². The SMILES string of the molecule is CC1CCCN1C1CCN(c2ccc(NC(=O)c3ccc(C#N)cc3)c(C(F)(F)F)c2)C1.O=C(O)C(F)(F)F. The summed E-state index contributed by atoms with van der Waals surface area (Å²) in [7, 11) is 0. The van der Waals surface area contributed by atoms with E-state index in [1.807, 2.05) is 11.0 Å². The lowest BCUT2D eigenvalue weighted by Gasteiger charge is -2.29. The monoisotopic (exact) mass is 556 g/mol. The summed E-state index contributed by atoms with van der Waals surface area (Å²) in [4.78, 5) is 25.8. The molecule has 2 heterocycles. The number of carboxylic acids is 1. The number of carbonyl (C=O) groups excluding carboxylic acids is 1. The van der Waals surface area contributed by atoms with Gasteiger partial charge in [0.05, 0.1) is 22.9 Å². The molecular weight excluding hydrogens is 530 g/mol. The predicted octanol–water partition coefficient (Wildman–Crippen LogP) is 5.53. The van der Waals surface area contributed by atoms with E-state index in [1.54, 1.807) is 6.07 Å². The van der Waals surface area contributed by atoms with E-state index >= 15 is 0 Å². The zero-order valence-corrected chi connectivity index (χ0v) is 20.8. The minimum absolute atomic E-state index is 0.184. The van der Waals surface area contributed by atoms with Crippen molar-refractivity contribution in [3.05, 3.63) is 59.2 Å². The van der Waals surface area contributed by atoms with Gasteiger partial charge in [0.2, 0.25) is 0 Å². The van der Waals surface area contributed by atoms with Gasteiger partial charge >= 0.3 is 18.3 Å². The lowest BCUT2D eigenvalue weighted by atomic mass is 10.1. The Morgan fingerprint density at radius 1 is 1.03 bits per heavy atom. The van der Waals surface area contributed by atoms with E-state index < -0.39 is 29.8 Å². The lowest BCUT2D eigenvalue weighted by Crippen LogP contribution is -2.39. The van der Waals surface area contributed by atoms with Crippen LogP contribution in [0.25, 0.3) is 0 Å². The number of amides is 1. The van der Waals surface area contributed by atoms with E-state index in [2.05, 4.69) is 17.1 Å². The van der Waals surface area contributed by atoms with E-state index in [0.29, 0.717) is 36.4 Å². The fourth-order valence-electron chi connectivity index (χ4n) is 4.71. The summed E-state index contributed by atoms with van der Waals surface area (Å²) in [6, 6.07) is 12.6. The van der Waals surface area contributed by atoms with Crippen LogP contribution in [0.15, 0.2) is 42.5 Å². The van der Waals surface area contributed by atoms with Crippen molar-refractivity contribution in [2.45, 2.75) is 50.6 Å². The molecule has 39 heavy (non-hydrogen) atoms. The summed E-state index contributed by atoms with van der Waals surface area (Å²) in [5, 5.41) is 18.4. The first kappa shape index (κ1) is 29.8. The number of carboxylic acid groups (broad SMARTS) is 1. The number of carbonyl (C=O) groups is 2. The highest BCUT2D eigenvalue weighted by molar-refractivity contribution is 6.04. The number of likely N-dealkylation sites (tertiary alicyclic amines) is 1. The van der Waals surface area contributed by atoms with E-state index in [9.17, 15) is 31.1 Å². The van der Waals surface area contributed by atoms with Crippen LogP contribution in [0.1, 0.15) is 47.7 Å². The number of benzene rings is 2. The van der Waals surface area contributed by atoms with Gasteiger partial charge in [-0.15, -0.1) is 0 Å². The topological polar surface area (TPSA) is 96.7 Å². The highest BCUT2D eigenvalue weighted by atomic mass is 19.4. The van der Waals surface area contributed by atoms with Crippen molar-refractivity contribution >= 4 is 23.3 Å². The molecule has 0 aliphatic carbocycles. The number of nitrogens with zero attached hydrogens (tertiary/aromatic N) is 3. The van der Waals surface area contributed by atoms with E-state index in [1.165, 1.54) is 43.2 Å². The zero-order chi connectivity index (χ0) is 29.0. The number of nitrogens with one attached hydrogen (secondary N) is 1. The number of hydrogen-bond acceptors (Lipinski definition) is 5. The van der Waals surface area contributed by atoms with Crippen LogP contribution < -0.4 is 10.2 Å². The molecule has 2 saturated heterocycles. The molecule has 2 aromatic carbocycles. The molecule has 1 amide bonds. The average Bonchev–Trinajstić information content (AvgIpc) is 3.52. The number of nitriles is 1. The first-order valence-electron chi connectivity index (χ1n) is 12.0. The van der Waals surface area contributed by atoms with Crippen LogP contribution in [0, 0.1) is 11.3 Å². The van der Waals surface area contributed by atoms with Crippen LogP contribution in [0.4, 0.5) is 37.7 Å². The van der Waals surface area contributed by atoms with Crippen molar-refractivity contribution in [2.75, 3.05) is 29.9 Å². The Bertz CT molecular complexity index is 1220. The lowest BCUT2D eigenvalue weighted by molar-refractivity contribution is -0.192. The first-order valence-corrected chi connectivity index (χ1v) is 12.0. The molecule has 4 rings (SSSR count). The van der Waals surface area contributed by atoms with E-state index in [4.69, 9.17) is 15.2 Å². The fourth-order valence-corrected chi connectivity index (χ4v) is 4.71. The maximum atomic E-state index is 13.8. The Balaban J connectivity index is 0.000000532. The molecule has 2 atom stereocenters. The number of rotatable bonds is 4. The molecule has 210 valence electrons. The number of halogens is 6. The largest absolute Gasteiger partial charge is 0.490 e. The Hall–Kier alpha value is -3.79. The van der Waals surface area contributed by atoms with Crippen LogP contribution in [0.2, 0.25) is 0 Å². The van der Waals surface area contributed by atoms with Gasteiger partial charge in [-0.05, 0) is 75.2 Å². The molecule has 2 fully saturated rings. The Kier molecular flexibility index (Phi) is 9.11. The maximum Gasteiger partial charge on any atom is 0.490 e. The van der Waals surface area contributed by atoms with Gasteiger partial charge in [-0.1, -0.05) is 0 Å². The molecular formula is C26H26F6N4O3. The third-order valence-corrected chi connectivity index (χ3v) is 6.68. The van der Waals surface area contributed by atoms with Gasteiger partial charge in [-0.3, -0.25) is 9.69 Å². The molecule has 7 nitrogen and oxygen atoms in total. The van der Waals surface area contributed by atoms with Gasteiger partial charge in [0.15, 0.2) is 0 Å². The number of hydrogen-bond donors (Lipinski definition) is 2. The molecule has 0 saturated carbocycles. The van der Waals surface area contributed by atoms with Crippen molar-refractivity contribution in [3.8, 4) is 6.07 Å². The maximum absolute atomic E-state index is 13.8. The zero-order valence-electron chi connectivity index (χ0n) is 20.8. The third kappa shape index (κ3) is 7.63. The normalized spacial score (nSPS) is 19.7. The smallest absolute Gasteiger partial charge is 0.475 e. The Morgan fingerprint density at radius 2 is 1.67 bits per heavy atom. The minimum atomic E-state index is -5.08. The van der Waals surface area contributed by atoms with Gasteiger partial charge in [0, 0.05) is 36.4 Å². The molecule has 2 unspecified atom stereocenters. The van der Waals surface area contributed by atoms with Crippen LogP contribution in [-0.2, 0) is 11.0 Å². The molecule has 2 N–H and O–H groups in total. The molecule has 2 aliphatic rings. The average molecular weight is 557 g/mol. The summed E-state index contributed by atoms with van der Waals surface area (Å²) in [5.74, 6) is -3.41. The second-order valence-electron chi connectivity index (χ2n) is 9.29. The van der Waals surface area contributed by atoms with Crippen molar-refractivity contribution in [1.29, 1.82) is 5.26 Å². The highest BCUT2D eigenvalue weighted by Gasteiger charge is 2.38. The van der Waals surface area contributed by atoms with Gasteiger partial charge in [-0.25, -0.2) is 4.79 Å². The van der Waals surface area contributed by atoms with Crippen molar-refractivity contribution in [2.24, 2.45) is 0 Å². The van der Waals surface area contributed by atoms with Crippen LogP contribution >= 0.6 is 0 Å². The van der Waals surface area contributed by atoms with E-state index in [-0.39, 0.29) is 11.3 Å². The molecule has 0 radical (unpaired) electrons. The predicted molar refractivity (Wildman–Crippen MR) is 130 cm³/mol.